The van der Waals surface area contributed by atoms with E-state index in [4.69, 9.17) is 0 Å². The smallest absolute Gasteiger partial charge is 0.307 e. The van der Waals surface area contributed by atoms with Crippen LogP contribution >= 0.6 is 0 Å². The second kappa shape index (κ2) is 4.06. The van der Waals surface area contributed by atoms with E-state index in [0.717, 1.165) is 5.56 Å². The quantitative estimate of drug-likeness (QED) is 0.736. The summed E-state index contributed by atoms with van der Waals surface area (Å²) in [4.78, 5) is 16.8. The van der Waals surface area contributed by atoms with Crippen molar-refractivity contribution in [2.24, 2.45) is 0 Å². The van der Waals surface area contributed by atoms with Crippen LogP contribution in [0.5, 0.6) is 0 Å². The second-order valence-corrected chi connectivity index (χ2v) is 5.59. The fourth-order valence-corrected chi connectivity index (χ4v) is 2.50. The Hall–Kier alpha value is -1.50. The molecule has 1 aromatic heterocycles. The number of amides is 1. The molecular formula is C10H11FN2O3S. The van der Waals surface area contributed by atoms with Crippen LogP contribution in [-0.4, -0.2) is 31.1 Å². The molecule has 1 aromatic rings. The summed E-state index contributed by atoms with van der Waals surface area (Å²) in [6.07, 6.45) is 2.73. The molecule has 1 aliphatic rings. The molecule has 17 heavy (non-hydrogen) atoms. The maximum absolute atomic E-state index is 12.8. The Morgan fingerprint density at radius 1 is 1.53 bits per heavy atom. The molecular weight excluding hydrogens is 247 g/mol. The molecule has 1 unspecified atom stereocenters. The molecule has 5 nitrogen and oxygen atoms in total. The number of rotatable bonds is 2. The van der Waals surface area contributed by atoms with Gasteiger partial charge in [0.05, 0.1) is 11.9 Å². The maximum Gasteiger partial charge on any atom is 0.307 e. The van der Waals surface area contributed by atoms with Gasteiger partial charge in [-0.2, -0.15) is 8.42 Å². The van der Waals surface area contributed by atoms with E-state index in [2.05, 4.69) is 4.98 Å². The van der Waals surface area contributed by atoms with Crippen molar-refractivity contribution in [2.75, 3.05) is 11.4 Å². The largest absolute Gasteiger partial charge is 0.309 e. The third-order valence-corrected chi connectivity index (χ3v) is 3.90. The van der Waals surface area contributed by atoms with Crippen LogP contribution in [0.4, 0.5) is 9.57 Å². The van der Waals surface area contributed by atoms with Crippen molar-refractivity contribution in [3.05, 3.63) is 24.0 Å². The lowest BCUT2D eigenvalue weighted by Crippen LogP contribution is -2.27. The summed E-state index contributed by atoms with van der Waals surface area (Å²) in [7, 11) is -4.67. The Balaban J connectivity index is 2.31. The van der Waals surface area contributed by atoms with E-state index >= 15 is 0 Å². The first-order valence-electron chi connectivity index (χ1n) is 5.04. The molecule has 1 amide bonds. The minimum Gasteiger partial charge on any atom is -0.309 e. The normalized spacial score (nSPS) is 20.9. The minimum absolute atomic E-state index is 0.149. The SMILES string of the molecule is Cc1ccncc1N1CC(S(=O)(=O)F)CC1=O. The van der Waals surface area contributed by atoms with Crippen LogP contribution in [0.2, 0.25) is 0 Å². The molecule has 1 fully saturated rings. The number of aromatic nitrogens is 1. The Labute approximate surface area is 98.5 Å². The third-order valence-electron chi connectivity index (χ3n) is 2.79. The number of halogens is 1. The highest BCUT2D eigenvalue weighted by Crippen LogP contribution is 2.27. The van der Waals surface area contributed by atoms with Gasteiger partial charge in [-0.15, -0.1) is 3.89 Å². The van der Waals surface area contributed by atoms with Gasteiger partial charge < -0.3 is 4.90 Å². The highest BCUT2D eigenvalue weighted by Gasteiger charge is 2.39. The van der Waals surface area contributed by atoms with Crippen molar-refractivity contribution in [3.8, 4) is 0 Å². The van der Waals surface area contributed by atoms with Crippen LogP contribution in [0.15, 0.2) is 18.5 Å². The van der Waals surface area contributed by atoms with E-state index < -0.39 is 21.4 Å². The van der Waals surface area contributed by atoms with Crippen LogP contribution in [0.1, 0.15) is 12.0 Å². The minimum atomic E-state index is -4.67. The van der Waals surface area contributed by atoms with Gasteiger partial charge in [-0.1, -0.05) is 0 Å². The lowest BCUT2D eigenvalue weighted by atomic mass is 10.2. The molecule has 0 aliphatic carbocycles. The molecule has 0 aromatic carbocycles. The molecule has 7 heteroatoms. The number of carbonyl (C=O) groups excluding carboxylic acids is 1. The van der Waals surface area contributed by atoms with E-state index in [1.807, 2.05) is 0 Å². The van der Waals surface area contributed by atoms with Crippen molar-refractivity contribution >= 4 is 21.8 Å². The molecule has 0 bridgehead atoms. The molecule has 0 N–H and O–H groups in total. The summed E-state index contributed by atoms with van der Waals surface area (Å²) in [5.41, 5.74) is 1.33. The number of nitrogens with zero attached hydrogens (tertiary/aromatic N) is 2. The predicted octanol–water partition coefficient (Wildman–Crippen LogP) is 0.795. The standard InChI is InChI=1S/C10H11FN2O3S/c1-7-2-3-12-5-9(7)13-6-8(4-10(13)14)17(11,15)16/h2-3,5,8H,4,6H2,1H3. The van der Waals surface area contributed by atoms with Crippen molar-refractivity contribution < 1.29 is 17.1 Å². The predicted molar refractivity (Wildman–Crippen MR) is 59.8 cm³/mol. The first-order chi connectivity index (χ1) is 7.89. The molecule has 0 radical (unpaired) electrons. The summed E-state index contributed by atoms with van der Waals surface area (Å²) in [6.45, 7) is 1.63. The average Bonchev–Trinajstić information content (AvgIpc) is 2.61. The van der Waals surface area contributed by atoms with Crippen LogP contribution in [-0.2, 0) is 15.0 Å². The van der Waals surface area contributed by atoms with Gasteiger partial charge >= 0.3 is 10.2 Å². The van der Waals surface area contributed by atoms with Gasteiger partial charge in [-0.05, 0) is 18.6 Å². The van der Waals surface area contributed by atoms with Crippen LogP contribution in [0.3, 0.4) is 0 Å². The summed E-state index contributed by atoms with van der Waals surface area (Å²) < 4.78 is 34.4. The van der Waals surface area contributed by atoms with Gasteiger partial charge in [0.15, 0.2) is 0 Å². The van der Waals surface area contributed by atoms with Crippen molar-refractivity contribution in [2.45, 2.75) is 18.6 Å². The van der Waals surface area contributed by atoms with E-state index in [-0.39, 0.29) is 13.0 Å². The molecule has 1 atom stereocenters. The zero-order valence-corrected chi connectivity index (χ0v) is 9.95. The second-order valence-electron chi connectivity index (χ2n) is 3.97. The summed E-state index contributed by atoms with van der Waals surface area (Å²) in [6, 6.07) is 1.71. The summed E-state index contributed by atoms with van der Waals surface area (Å²) >= 11 is 0. The molecule has 2 rings (SSSR count). The monoisotopic (exact) mass is 258 g/mol. The molecule has 1 saturated heterocycles. The fourth-order valence-electron chi connectivity index (χ4n) is 1.83. The number of carbonyl (C=O) groups is 1. The lowest BCUT2D eigenvalue weighted by molar-refractivity contribution is -0.117. The maximum atomic E-state index is 12.8. The van der Waals surface area contributed by atoms with Crippen LogP contribution < -0.4 is 4.90 Å². The Morgan fingerprint density at radius 3 is 2.76 bits per heavy atom. The summed E-state index contributed by atoms with van der Waals surface area (Å²) in [5, 5.41) is -1.27. The molecule has 1 aliphatic heterocycles. The Morgan fingerprint density at radius 2 is 2.24 bits per heavy atom. The van der Waals surface area contributed by atoms with Gasteiger partial charge in [0.1, 0.15) is 5.25 Å². The number of hydrogen-bond donors (Lipinski definition) is 0. The molecule has 0 saturated carbocycles. The van der Waals surface area contributed by atoms with Gasteiger partial charge in [0, 0.05) is 19.2 Å². The Bertz CT molecular complexity index is 558. The zero-order chi connectivity index (χ0) is 12.6. The van der Waals surface area contributed by atoms with Crippen molar-refractivity contribution in [1.29, 1.82) is 0 Å². The van der Waals surface area contributed by atoms with Crippen LogP contribution in [0, 0.1) is 6.92 Å². The molecule has 0 spiro atoms. The Kier molecular flexibility index (Phi) is 2.86. The van der Waals surface area contributed by atoms with Crippen LogP contribution in [0.25, 0.3) is 0 Å². The molecule has 92 valence electrons. The van der Waals surface area contributed by atoms with Gasteiger partial charge in [0.25, 0.3) is 0 Å². The third kappa shape index (κ3) is 2.28. The van der Waals surface area contributed by atoms with Crippen molar-refractivity contribution in [3.63, 3.8) is 0 Å². The first-order valence-corrected chi connectivity index (χ1v) is 6.48. The first kappa shape index (κ1) is 12.0. The zero-order valence-electron chi connectivity index (χ0n) is 9.13. The number of anilines is 1. The highest BCUT2D eigenvalue weighted by molar-refractivity contribution is 7.87. The topological polar surface area (TPSA) is 67.3 Å². The van der Waals surface area contributed by atoms with Crippen molar-refractivity contribution in [1.82, 2.24) is 4.98 Å². The highest BCUT2D eigenvalue weighted by atomic mass is 32.3. The average molecular weight is 258 g/mol. The van der Waals surface area contributed by atoms with Gasteiger partial charge in [0.2, 0.25) is 5.91 Å². The molecule has 2 heterocycles. The number of aryl methyl sites for hydroxylation is 1. The van der Waals surface area contributed by atoms with Gasteiger partial charge in [-0.3, -0.25) is 9.78 Å². The van der Waals surface area contributed by atoms with E-state index in [1.54, 1.807) is 19.2 Å². The van der Waals surface area contributed by atoms with E-state index in [9.17, 15) is 17.1 Å². The number of hydrogen-bond acceptors (Lipinski definition) is 4. The van der Waals surface area contributed by atoms with E-state index in [1.165, 1.54) is 11.1 Å². The van der Waals surface area contributed by atoms with Gasteiger partial charge in [-0.25, -0.2) is 0 Å². The number of pyridine rings is 1. The fraction of sp³-hybridized carbons (Fsp3) is 0.400. The van der Waals surface area contributed by atoms with E-state index in [0.29, 0.717) is 5.69 Å². The lowest BCUT2D eigenvalue weighted by Gasteiger charge is -2.17. The summed E-state index contributed by atoms with van der Waals surface area (Å²) in [5.74, 6) is -0.396.